The zero-order valence-corrected chi connectivity index (χ0v) is 12.3. The van der Waals surface area contributed by atoms with Crippen molar-refractivity contribution in [1.82, 2.24) is 4.98 Å². The van der Waals surface area contributed by atoms with Crippen molar-refractivity contribution in [2.75, 3.05) is 5.32 Å². The Balaban J connectivity index is 1.84. The van der Waals surface area contributed by atoms with Gasteiger partial charge in [0.1, 0.15) is 11.2 Å². The number of Topliss-reactive ketones (excluding diaryl/α,β-unsaturated/α-hetero) is 1. The summed E-state index contributed by atoms with van der Waals surface area (Å²) in [7, 11) is 0. The van der Waals surface area contributed by atoms with E-state index >= 15 is 0 Å². The van der Waals surface area contributed by atoms with Crippen molar-refractivity contribution in [2.24, 2.45) is 16.7 Å². The molecule has 0 aromatic carbocycles. The molecule has 0 unspecified atom stereocenters. The summed E-state index contributed by atoms with van der Waals surface area (Å²) in [6.07, 6.45) is 3.74. The van der Waals surface area contributed by atoms with Gasteiger partial charge < -0.3 is 5.32 Å². The molecule has 106 valence electrons. The Hall–Kier alpha value is -1.42. The molecule has 0 radical (unpaired) electrons. The number of carbonyl (C=O) groups excluding carboxylic acids is 2. The number of rotatable bonds is 2. The average molecular weight is 293 g/mol. The van der Waals surface area contributed by atoms with E-state index in [2.05, 4.69) is 10.3 Å². The summed E-state index contributed by atoms with van der Waals surface area (Å²) in [4.78, 5) is 29.2. The molecule has 2 atom stereocenters. The number of aromatic nitrogens is 1. The SMILES string of the molecule is CC1(C)C(=O)[C@]2(C(=O)Nc3ccc(Cl)cn3)CC[C@H]1C2. The first-order valence-corrected chi connectivity index (χ1v) is 7.22. The highest BCUT2D eigenvalue weighted by Gasteiger charge is 2.65. The van der Waals surface area contributed by atoms with E-state index < -0.39 is 5.41 Å². The van der Waals surface area contributed by atoms with Crippen LogP contribution in [0.5, 0.6) is 0 Å². The summed E-state index contributed by atoms with van der Waals surface area (Å²) in [6.45, 7) is 3.91. The molecule has 1 amide bonds. The fourth-order valence-corrected chi connectivity index (χ4v) is 3.78. The summed E-state index contributed by atoms with van der Waals surface area (Å²) >= 11 is 5.77. The molecule has 3 rings (SSSR count). The fourth-order valence-electron chi connectivity index (χ4n) is 3.66. The third kappa shape index (κ3) is 1.78. The van der Waals surface area contributed by atoms with E-state index in [0.29, 0.717) is 29.6 Å². The van der Waals surface area contributed by atoms with Crippen molar-refractivity contribution >= 4 is 29.1 Å². The molecule has 20 heavy (non-hydrogen) atoms. The van der Waals surface area contributed by atoms with E-state index in [1.54, 1.807) is 12.1 Å². The number of carbonyl (C=O) groups is 2. The molecule has 2 bridgehead atoms. The second kappa shape index (κ2) is 4.29. The molecular weight excluding hydrogens is 276 g/mol. The second-order valence-corrected chi connectivity index (χ2v) is 6.82. The molecule has 5 heteroatoms. The summed E-state index contributed by atoms with van der Waals surface area (Å²) in [5, 5.41) is 3.28. The highest BCUT2D eigenvalue weighted by Crippen LogP contribution is 2.60. The van der Waals surface area contributed by atoms with Gasteiger partial charge in [0.05, 0.1) is 5.02 Å². The van der Waals surface area contributed by atoms with Crippen molar-refractivity contribution in [3.63, 3.8) is 0 Å². The van der Waals surface area contributed by atoms with E-state index in [4.69, 9.17) is 11.6 Å². The number of halogens is 1. The first kappa shape index (κ1) is 13.6. The average Bonchev–Trinajstić information content (AvgIpc) is 2.93. The van der Waals surface area contributed by atoms with Crippen molar-refractivity contribution in [1.29, 1.82) is 0 Å². The van der Waals surface area contributed by atoms with Gasteiger partial charge in [-0.2, -0.15) is 0 Å². The lowest BCUT2D eigenvalue weighted by Crippen LogP contribution is -2.44. The van der Waals surface area contributed by atoms with E-state index in [9.17, 15) is 9.59 Å². The number of ketones is 1. The van der Waals surface area contributed by atoms with Crippen LogP contribution in [0.3, 0.4) is 0 Å². The first-order chi connectivity index (χ1) is 9.36. The predicted molar refractivity (Wildman–Crippen MR) is 76.4 cm³/mol. The maximum atomic E-state index is 12.6. The fraction of sp³-hybridized carbons (Fsp3) is 0.533. The summed E-state index contributed by atoms with van der Waals surface area (Å²) in [5.41, 5.74) is -1.24. The highest BCUT2D eigenvalue weighted by atomic mass is 35.5. The van der Waals surface area contributed by atoms with Gasteiger partial charge in [0, 0.05) is 11.6 Å². The largest absolute Gasteiger partial charge is 0.310 e. The predicted octanol–water partition coefficient (Wildman–Crippen LogP) is 3.07. The molecule has 1 heterocycles. The van der Waals surface area contributed by atoms with Crippen LogP contribution in [0.25, 0.3) is 0 Å². The number of amides is 1. The van der Waals surface area contributed by atoms with Crippen LogP contribution >= 0.6 is 11.6 Å². The number of nitrogens with zero attached hydrogens (tertiary/aromatic N) is 1. The highest BCUT2D eigenvalue weighted by molar-refractivity contribution is 6.30. The van der Waals surface area contributed by atoms with Crippen molar-refractivity contribution in [3.8, 4) is 0 Å². The Morgan fingerprint density at radius 3 is 2.75 bits per heavy atom. The number of hydrogen-bond donors (Lipinski definition) is 1. The molecule has 0 saturated heterocycles. The van der Waals surface area contributed by atoms with Crippen molar-refractivity contribution < 1.29 is 9.59 Å². The summed E-state index contributed by atoms with van der Waals surface area (Å²) in [6, 6.07) is 3.31. The Kier molecular flexibility index (Phi) is 2.91. The Morgan fingerprint density at radius 2 is 2.20 bits per heavy atom. The molecule has 4 nitrogen and oxygen atoms in total. The third-order valence-corrected chi connectivity index (χ3v) is 5.18. The molecule has 2 aliphatic carbocycles. The quantitative estimate of drug-likeness (QED) is 0.852. The van der Waals surface area contributed by atoms with Crippen molar-refractivity contribution in [2.45, 2.75) is 33.1 Å². The van der Waals surface area contributed by atoms with Gasteiger partial charge in [-0.15, -0.1) is 0 Å². The third-order valence-electron chi connectivity index (χ3n) is 4.96. The van der Waals surface area contributed by atoms with E-state index in [-0.39, 0.29) is 17.1 Å². The topological polar surface area (TPSA) is 59.1 Å². The van der Waals surface area contributed by atoms with Gasteiger partial charge in [0.15, 0.2) is 5.78 Å². The van der Waals surface area contributed by atoms with Crippen LogP contribution in [0.15, 0.2) is 18.3 Å². The summed E-state index contributed by atoms with van der Waals surface area (Å²) in [5.74, 6) is 0.617. The van der Waals surface area contributed by atoms with Crippen LogP contribution in [0.2, 0.25) is 5.02 Å². The van der Waals surface area contributed by atoms with Crippen LogP contribution in [0.4, 0.5) is 5.82 Å². The molecule has 0 aliphatic heterocycles. The van der Waals surface area contributed by atoms with Crippen LogP contribution in [0, 0.1) is 16.7 Å². The minimum absolute atomic E-state index is 0.0766. The standard InChI is InChI=1S/C15H17ClN2O2/c1-14(2)9-5-6-15(7-9,12(14)19)13(20)18-11-4-3-10(16)8-17-11/h3-4,8-9H,5-7H2,1-2H3,(H,17,18,20)/t9-,15-/m0/s1. The van der Waals surface area contributed by atoms with Gasteiger partial charge in [-0.1, -0.05) is 25.4 Å². The number of anilines is 1. The van der Waals surface area contributed by atoms with E-state index in [1.807, 2.05) is 13.8 Å². The maximum Gasteiger partial charge on any atom is 0.239 e. The first-order valence-electron chi connectivity index (χ1n) is 6.84. The van der Waals surface area contributed by atoms with E-state index in [0.717, 1.165) is 6.42 Å². The van der Waals surface area contributed by atoms with Crippen molar-refractivity contribution in [3.05, 3.63) is 23.4 Å². The Labute approximate surface area is 122 Å². The Morgan fingerprint density at radius 1 is 1.45 bits per heavy atom. The second-order valence-electron chi connectivity index (χ2n) is 6.39. The zero-order chi connectivity index (χ0) is 14.5. The summed E-state index contributed by atoms with van der Waals surface area (Å²) < 4.78 is 0. The minimum atomic E-state index is -0.852. The van der Waals surface area contributed by atoms with Gasteiger partial charge in [0.2, 0.25) is 5.91 Å². The number of hydrogen-bond acceptors (Lipinski definition) is 3. The van der Waals surface area contributed by atoms with E-state index in [1.165, 1.54) is 6.20 Å². The van der Waals surface area contributed by atoms with Crippen LogP contribution in [-0.2, 0) is 9.59 Å². The van der Waals surface area contributed by atoms with Gasteiger partial charge in [-0.05, 0) is 37.3 Å². The Bertz CT molecular complexity index is 582. The molecule has 1 aromatic rings. The van der Waals surface area contributed by atoms with Crippen LogP contribution in [-0.4, -0.2) is 16.7 Å². The minimum Gasteiger partial charge on any atom is -0.310 e. The van der Waals surface area contributed by atoms with Gasteiger partial charge in [-0.3, -0.25) is 9.59 Å². The maximum absolute atomic E-state index is 12.6. The molecule has 0 spiro atoms. The number of fused-ring (bicyclic) bond motifs is 2. The zero-order valence-electron chi connectivity index (χ0n) is 11.6. The van der Waals surface area contributed by atoms with Gasteiger partial charge in [0.25, 0.3) is 0 Å². The molecule has 2 fully saturated rings. The molecule has 1 aromatic heterocycles. The van der Waals surface area contributed by atoms with Crippen LogP contribution in [0.1, 0.15) is 33.1 Å². The van der Waals surface area contributed by atoms with Gasteiger partial charge in [-0.25, -0.2) is 4.98 Å². The molecule has 2 aliphatic rings. The normalized spacial score (nSPS) is 30.6. The smallest absolute Gasteiger partial charge is 0.239 e. The lowest BCUT2D eigenvalue weighted by Gasteiger charge is -2.32. The lowest BCUT2D eigenvalue weighted by atomic mass is 9.70. The lowest BCUT2D eigenvalue weighted by molar-refractivity contribution is -0.142. The molecular formula is C15H17ClN2O2. The van der Waals surface area contributed by atoms with Gasteiger partial charge >= 0.3 is 0 Å². The molecule has 1 N–H and O–H groups in total. The molecule has 2 saturated carbocycles. The number of pyridine rings is 1. The number of nitrogens with one attached hydrogen (secondary N) is 1. The monoisotopic (exact) mass is 292 g/mol. The van der Waals surface area contributed by atoms with Crippen LogP contribution < -0.4 is 5.32 Å².